The zero-order chi connectivity index (χ0) is 16.8. The van der Waals surface area contributed by atoms with Gasteiger partial charge in [0.1, 0.15) is 10.8 Å². The molecule has 0 spiro atoms. The van der Waals surface area contributed by atoms with Crippen molar-refractivity contribution in [1.82, 2.24) is 14.9 Å². The van der Waals surface area contributed by atoms with Gasteiger partial charge in [0, 0.05) is 31.9 Å². The summed E-state index contributed by atoms with van der Waals surface area (Å²) in [5.41, 5.74) is 6.64. The fraction of sp³-hybridized carbons (Fsp3) is 0.353. The van der Waals surface area contributed by atoms with E-state index in [0.717, 1.165) is 36.1 Å². The van der Waals surface area contributed by atoms with Crippen LogP contribution >= 0.6 is 11.8 Å². The summed E-state index contributed by atoms with van der Waals surface area (Å²) < 4.78 is 0. The highest BCUT2D eigenvalue weighted by molar-refractivity contribution is 7.98. The van der Waals surface area contributed by atoms with Crippen LogP contribution in [0.1, 0.15) is 12.0 Å². The van der Waals surface area contributed by atoms with Crippen LogP contribution < -0.4 is 10.6 Å². The minimum atomic E-state index is -0.352. The first-order valence-electron chi connectivity index (χ1n) is 8.00. The fourth-order valence-corrected chi connectivity index (χ4v) is 3.46. The van der Waals surface area contributed by atoms with Crippen molar-refractivity contribution in [3.05, 3.63) is 48.3 Å². The van der Waals surface area contributed by atoms with Crippen LogP contribution in [-0.2, 0) is 5.75 Å². The van der Waals surface area contributed by atoms with Crippen molar-refractivity contribution in [1.29, 1.82) is 0 Å². The summed E-state index contributed by atoms with van der Waals surface area (Å²) in [6, 6.07) is 9.97. The highest BCUT2D eigenvalue weighted by atomic mass is 32.2. The van der Waals surface area contributed by atoms with E-state index >= 15 is 0 Å². The maximum absolute atomic E-state index is 11.3. The Kier molecular flexibility index (Phi) is 5.53. The number of anilines is 1. The van der Waals surface area contributed by atoms with Crippen LogP contribution in [-0.4, -0.2) is 47.1 Å². The second-order valence-electron chi connectivity index (χ2n) is 5.66. The predicted molar refractivity (Wildman–Crippen MR) is 96.0 cm³/mol. The monoisotopic (exact) mass is 343 g/mol. The molecule has 1 saturated heterocycles. The minimum absolute atomic E-state index is 0.352. The first kappa shape index (κ1) is 16.6. The van der Waals surface area contributed by atoms with Gasteiger partial charge in [-0.2, -0.15) is 0 Å². The highest BCUT2D eigenvalue weighted by Gasteiger charge is 2.18. The van der Waals surface area contributed by atoms with Gasteiger partial charge in [0.15, 0.2) is 0 Å². The molecule has 0 atom stereocenters. The van der Waals surface area contributed by atoms with E-state index < -0.39 is 0 Å². The van der Waals surface area contributed by atoms with E-state index in [1.807, 2.05) is 18.2 Å². The van der Waals surface area contributed by atoms with Crippen molar-refractivity contribution in [3.63, 3.8) is 0 Å². The van der Waals surface area contributed by atoms with Gasteiger partial charge >= 0.3 is 6.03 Å². The molecule has 1 aromatic carbocycles. The number of hydrogen-bond donors (Lipinski definition) is 1. The molecule has 1 aromatic heterocycles. The van der Waals surface area contributed by atoms with Gasteiger partial charge in [0.25, 0.3) is 0 Å². The molecule has 7 heteroatoms. The molecule has 0 unspecified atom stereocenters. The number of benzene rings is 1. The number of urea groups is 1. The molecule has 1 aliphatic rings. The van der Waals surface area contributed by atoms with Crippen molar-refractivity contribution >= 4 is 23.6 Å². The topological polar surface area (TPSA) is 75.4 Å². The number of rotatable bonds is 4. The van der Waals surface area contributed by atoms with E-state index in [9.17, 15) is 4.79 Å². The number of primary amides is 1. The molecule has 126 valence electrons. The summed E-state index contributed by atoms with van der Waals surface area (Å²) >= 11 is 1.68. The Balaban J connectivity index is 1.63. The molecule has 0 saturated carbocycles. The molecular weight excluding hydrogens is 322 g/mol. The van der Waals surface area contributed by atoms with E-state index in [1.54, 1.807) is 29.1 Å². The first-order valence-corrected chi connectivity index (χ1v) is 8.99. The van der Waals surface area contributed by atoms with Crippen LogP contribution in [0.2, 0.25) is 0 Å². The quantitative estimate of drug-likeness (QED) is 0.863. The standard InChI is InChI=1S/C17H21N5OS/c18-17(23)22-8-4-7-21(9-10-22)15-11-19-12-16(20-15)24-13-14-5-2-1-3-6-14/h1-3,5-6,11-12H,4,7-10,13H2,(H2,18,23). The van der Waals surface area contributed by atoms with Crippen molar-refractivity contribution in [2.45, 2.75) is 17.2 Å². The van der Waals surface area contributed by atoms with E-state index in [2.05, 4.69) is 22.0 Å². The zero-order valence-electron chi connectivity index (χ0n) is 13.5. The molecule has 2 amide bonds. The Morgan fingerprint density at radius 1 is 1.12 bits per heavy atom. The maximum atomic E-state index is 11.3. The lowest BCUT2D eigenvalue weighted by atomic mass is 10.2. The van der Waals surface area contributed by atoms with E-state index in [-0.39, 0.29) is 6.03 Å². The zero-order valence-corrected chi connectivity index (χ0v) is 14.3. The average molecular weight is 343 g/mol. The lowest BCUT2D eigenvalue weighted by Gasteiger charge is -2.22. The molecule has 0 aliphatic carbocycles. The Bertz CT molecular complexity index is 682. The molecule has 2 N–H and O–H groups in total. The Hall–Kier alpha value is -2.28. The Morgan fingerprint density at radius 2 is 1.96 bits per heavy atom. The van der Waals surface area contributed by atoms with Gasteiger partial charge in [-0.25, -0.2) is 9.78 Å². The number of carbonyl (C=O) groups is 1. The summed E-state index contributed by atoms with van der Waals surface area (Å²) in [4.78, 5) is 24.2. The number of aromatic nitrogens is 2. The van der Waals surface area contributed by atoms with Gasteiger partial charge in [-0.1, -0.05) is 30.3 Å². The largest absolute Gasteiger partial charge is 0.353 e. The SMILES string of the molecule is NC(=O)N1CCCN(c2cncc(SCc3ccccc3)n2)CC1. The summed E-state index contributed by atoms with van der Waals surface area (Å²) in [5, 5.41) is 0.910. The summed E-state index contributed by atoms with van der Waals surface area (Å²) in [6.45, 7) is 2.90. The molecule has 2 aromatic rings. The first-order chi connectivity index (χ1) is 11.7. The van der Waals surface area contributed by atoms with E-state index in [0.29, 0.717) is 13.1 Å². The molecule has 6 nitrogen and oxygen atoms in total. The predicted octanol–water partition coefficient (Wildman–Crippen LogP) is 2.36. The minimum Gasteiger partial charge on any atom is -0.353 e. The maximum Gasteiger partial charge on any atom is 0.314 e. The number of hydrogen-bond acceptors (Lipinski definition) is 5. The van der Waals surface area contributed by atoms with Crippen molar-refractivity contribution in [2.75, 3.05) is 31.1 Å². The van der Waals surface area contributed by atoms with Gasteiger partial charge in [-0.3, -0.25) is 4.98 Å². The number of amides is 2. The second-order valence-corrected chi connectivity index (χ2v) is 6.65. The lowest BCUT2D eigenvalue weighted by molar-refractivity contribution is 0.211. The number of thioether (sulfide) groups is 1. The molecule has 0 bridgehead atoms. The van der Waals surface area contributed by atoms with Crippen LogP contribution in [0.4, 0.5) is 10.6 Å². The Morgan fingerprint density at radius 3 is 2.75 bits per heavy atom. The van der Waals surface area contributed by atoms with Gasteiger partial charge in [0.05, 0.1) is 12.4 Å². The molecule has 1 aliphatic heterocycles. The van der Waals surface area contributed by atoms with Gasteiger partial charge in [-0.05, 0) is 12.0 Å². The van der Waals surface area contributed by atoms with Crippen LogP contribution in [0, 0.1) is 0 Å². The summed E-state index contributed by atoms with van der Waals surface area (Å²) in [5.74, 6) is 1.73. The third-order valence-corrected chi connectivity index (χ3v) is 4.93. The third kappa shape index (κ3) is 4.38. The molecule has 24 heavy (non-hydrogen) atoms. The molecule has 2 heterocycles. The van der Waals surface area contributed by atoms with Gasteiger partial charge in [0.2, 0.25) is 0 Å². The molecule has 0 radical (unpaired) electrons. The Labute approximate surface area is 146 Å². The molecule has 3 rings (SSSR count). The van der Waals surface area contributed by atoms with Gasteiger partial charge in [-0.15, -0.1) is 11.8 Å². The molecular formula is C17H21N5OS. The van der Waals surface area contributed by atoms with Crippen LogP contribution in [0.25, 0.3) is 0 Å². The fourth-order valence-electron chi connectivity index (χ4n) is 2.66. The lowest BCUT2D eigenvalue weighted by Crippen LogP contribution is -2.38. The number of nitrogens with two attached hydrogens (primary N) is 1. The van der Waals surface area contributed by atoms with Crippen LogP contribution in [0.5, 0.6) is 0 Å². The van der Waals surface area contributed by atoms with E-state index in [4.69, 9.17) is 10.7 Å². The highest BCUT2D eigenvalue weighted by Crippen LogP contribution is 2.22. The van der Waals surface area contributed by atoms with Crippen LogP contribution in [0.15, 0.2) is 47.8 Å². The van der Waals surface area contributed by atoms with Crippen molar-refractivity contribution in [2.24, 2.45) is 5.73 Å². The van der Waals surface area contributed by atoms with Crippen molar-refractivity contribution in [3.8, 4) is 0 Å². The number of nitrogens with zero attached hydrogens (tertiary/aromatic N) is 4. The van der Waals surface area contributed by atoms with Crippen molar-refractivity contribution < 1.29 is 4.79 Å². The van der Waals surface area contributed by atoms with Crippen LogP contribution in [0.3, 0.4) is 0 Å². The normalized spacial score (nSPS) is 15.2. The number of carbonyl (C=O) groups excluding carboxylic acids is 1. The average Bonchev–Trinajstić information content (AvgIpc) is 2.87. The van der Waals surface area contributed by atoms with Gasteiger partial charge < -0.3 is 15.5 Å². The smallest absolute Gasteiger partial charge is 0.314 e. The second kappa shape index (κ2) is 8.01. The summed E-state index contributed by atoms with van der Waals surface area (Å²) in [6.07, 6.45) is 4.46. The molecule has 1 fully saturated rings. The van der Waals surface area contributed by atoms with E-state index in [1.165, 1.54) is 5.56 Å². The third-order valence-electron chi connectivity index (χ3n) is 3.96. The summed E-state index contributed by atoms with van der Waals surface area (Å²) in [7, 11) is 0.